The molecule has 124 valence electrons. The molecule has 5 heteroatoms. The first kappa shape index (κ1) is 15.5. The molecule has 0 unspecified atom stereocenters. The summed E-state index contributed by atoms with van der Waals surface area (Å²) >= 11 is 1.99. The number of carbonyl (C=O) groups is 1. The molecular formula is C18H24N2O2S. The Labute approximate surface area is 142 Å². The normalized spacial score (nSPS) is 31.2. The van der Waals surface area contributed by atoms with Crippen LogP contribution in [0.1, 0.15) is 31.2 Å². The van der Waals surface area contributed by atoms with E-state index in [0.717, 1.165) is 43.1 Å². The molecule has 1 aromatic heterocycles. The van der Waals surface area contributed by atoms with Crippen molar-refractivity contribution in [3.05, 3.63) is 29.6 Å². The fourth-order valence-corrected chi connectivity index (χ4v) is 5.27. The zero-order valence-electron chi connectivity index (χ0n) is 13.8. The van der Waals surface area contributed by atoms with Crippen molar-refractivity contribution in [1.82, 2.24) is 9.88 Å². The second-order valence-electron chi connectivity index (χ2n) is 7.42. The van der Waals surface area contributed by atoms with Crippen molar-refractivity contribution in [2.45, 2.75) is 44.1 Å². The first-order valence-corrected chi connectivity index (χ1v) is 9.50. The Hall–Kier alpha value is -1.07. The molecule has 2 saturated heterocycles. The van der Waals surface area contributed by atoms with Gasteiger partial charge in [-0.25, -0.2) is 0 Å². The van der Waals surface area contributed by atoms with E-state index in [-0.39, 0.29) is 4.75 Å². The fraction of sp³-hybridized carbons (Fsp3) is 0.667. The minimum absolute atomic E-state index is 0.262. The van der Waals surface area contributed by atoms with Gasteiger partial charge in [0.15, 0.2) is 0 Å². The Morgan fingerprint density at radius 3 is 2.96 bits per heavy atom. The maximum Gasteiger partial charge on any atom is 0.226 e. The number of thioether (sulfide) groups is 1. The van der Waals surface area contributed by atoms with Crippen LogP contribution in [0, 0.1) is 18.8 Å². The van der Waals surface area contributed by atoms with Crippen LogP contribution in [0.5, 0.6) is 0 Å². The first-order chi connectivity index (χ1) is 11.0. The third-order valence-electron chi connectivity index (χ3n) is 5.28. The van der Waals surface area contributed by atoms with Gasteiger partial charge in [0, 0.05) is 30.5 Å². The molecule has 2 aliphatic heterocycles. The number of carbonyl (C=O) groups excluding carboxylic acids is 1. The second kappa shape index (κ2) is 5.78. The molecule has 0 N–H and O–H groups in total. The number of pyridine rings is 1. The van der Waals surface area contributed by atoms with Crippen LogP contribution in [-0.4, -0.2) is 45.5 Å². The Morgan fingerprint density at radius 2 is 2.26 bits per heavy atom. The highest BCUT2D eigenvalue weighted by atomic mass is 32.2. The Balaban J connectivity index is 1.25. The summed E-state index contributed by atoms with van der Waals surface area (Å²) in [6.45, 7) is 6.60. The topological polar surface area (TPSA) is 42.4 Å². The summed E-state index contributed by atoms with van der Waals surface area (Å²) in [5, 5.41) is 0. The van der Waals surface area contributed by atoms with Gasteiger partial charge in [0.2, 0.25) is 5.91 Å². The maximum absolute atomic E-state index is 12.2. The first-order valence-electron chi connectivity index (χ1n) is 8.52. The van der Waals surface area contributed by atoms with Gasteiger partial charge in [0.05, 0.1) is 23.2 Å². The van der Waals surface area contributed by atoms with Gasteiger partial charge in [0.25, 0.3) is 0 Å². The van der Waals surface area contributed by atoms with Gasteiger partial charge in [0.1, 0.15) is 0 Å². The summed E-state index contributed by atoms with van der Waals surface area (Å²) < 4.78 is 6.32. The lowest BCUT2D eigenvalue weighted by Crippen LogP contribution is -2.61. The predicted octanol–water partition coefficient (Wildman–Crippen LogP) is 2.65. The van der Waals surface area contributed by atoms with Crippen molar-refractivity contribution >= 4 is 17.7 Å². The summed E-state index contributed by atoms with van der Waals surface area (Å²) in [5.74, 6) is 2.34. The molecule has 3 heterocycles. The summed E-state index contributed by atoms with van der Waals surface area (Å²) in [7, 11) is 0. The molecule has 3 atom stereocenters. The average Bonchev–Trinajstić information content (AvgIpc) is 3.07. The number of amides is 1. The van der Waals surface area contributed by atoms with Crippen molar-refractivity contribution in [1.29, 1.82) is 0 Å². The minimum Gasteiger partial charge on any atom is -0.371 e. The van der Waals surface area contributed by atoms with E-state index in [1.54, 1.807) is 0 Å². The molecule has 1 aliphatic carbocycles. The number of likely N-dealkylation sites (tertiary alicyclic amines) is 1. The zero-order valence-corrected chi connectivity index (χ0v) is 14.6. The quantitative estimate of drug-likeness (QED) is 0.850. The number of rotatable bonds is 4. The van der Waals surface area contributed by atoms with E-state index in [4.69, 9.17) is 4.74 Å². The molecule has 4 rings (SSSR count). The van der Waals surface area contributed by atoms with Crippen LogP contribution in [0.4, 0.5) is 0 Å². The number of aryl methyl sites for hydroxylation is 1. The van der Waals surface area contributed by atoms with Gasteiger partial charge in [-0.3, -0.25) is 9.78 Å². The number of hydrogen-bond acceptors (Lipinski definition) is 4. The lowest BCUT2D eigenvalue weighted by atomic mass is 9.92. The van der Waals surface area contributed by atoms with E-state index in [1.165, 1.54) is 0 Å². The van der Waals surface area contributed by atoms with Gasteiger partial charge < -0.3 is 9.64 Å². The molecular weight excluding hydrogens is 308 g/mol. The van der Waals surface area contributed by atoms with E-state index in [2.05, 4.69) is 16.8 Å². The number of aromatic nitrogens is 1. The van der Waals surface area contributed by atoms with Crippen LogP contribution in [0.25, 0.3) is 0 Å². The van der Waals surface area contributed by atoms with Crippen molar-refractivity contribution in [3.8, 4) is 0 Å². The summed E-state index contributed by atoms with van der Waals surface area (Å²) in [6, 6.07) is 6.05. The average molecular weight is 332 g/mol. The van der Waals surface area contributed by atoms with E-state index in [1.807, 2.05) is 36.9 Å². The molecule has 0 aromatic carbocycles. The molecule has 4 nitrogen and oxygen atoms in total. The molecule has 23 heavy (non-hydrogen) atoms. The highest BCUT2D eigenvalue weighted by molar-refractivity contribution is 8.01. The van der Waals surface area contributed by atoms with Crippen molar-refractivity contribution < 1.29 is 9.53 Å². The SMILES string of the molecule is Cc1cccc(CO[C@@H]2CSC3(C2)CN(C(=O)[C@H]2C[C@@H]2C)C3)n1. The molecule has 1 amide bonds. The highest BCUT2D eigenvalue weighted by Gasteiger charge is 2.53. The fourth-order valence-electron chi connectivity index (χ4n) is 3.72. The molecule has 1 spiro atoms. The predicted molar refractivity (Wildman–Crippen MR) is 91.2 cm³/mol. The highest BCUT2D eigenvalue weighted by Crippen LogP contribution is 2.48. The Bertz CT molecular complexity index is 615. The largest absolute Gasteiger partial charge is 0.371 e. The van der Waals surface area contributed by atoms with Gasteiger partial charge in [-0.05, 0) is 37.8 Å². The molecule has 1 saturated carbocycles. The molecule has 0 bridgehead atoms. The second-order valence-corrected chi connectivity index (χ2v) is 8.90. The van der Waals surface area contributed by atoms with E-state index in [0.29, 0.717) is 30.5 Å². The summed E-state index contributed by atoms with van der Waals surface area (Å²) in [6.07, 6.45) is 2.44. The van der Waals surface area contributed by atoms with Crippen molar-refractivity contribution in [2.75, 3.05) is 18.8 Å². The van der Waals surface area contributed by atoms with Crippen LogP contribution >= 0.6 is 11.8 Å². The van der Waals surface area contributed by atoms with Crippen molar-refractivity contribution in [3.63, 3.8) is 0 Å². The van der Waals surface area contributed by atoms with Gasteiger partial charge >= 0.3 is 0 Å². The maximum atomic E-state index is 12.2. The minimum atomic E-state index is 0.262. The monoisotopic (exact) mass is 332 g/mol. The Kier molecular flexibility index (Phi) is 3.88. The van der Waals surface area contributed by atoms with Crippen LogP contribution in [0.2, 0.25) is 0 Å². The van der Waals surface area contributed by atoms with Gasteiger partial charge in [-0.2, -0.15) is 0 Å². The van der Waals surface area contributed by atoms with Crippen LogP contribution < -0.4 is 0 Å². The van der Waals surface area contributed by atoms with Crippen molar-refractivity contribution in [2.24, 2.45) is 11.8 Å². The third-order valence-corrected chi connectivity index (χ3v) is 6.86. The Morgan fingerprint density at radius 1 is 1.48 bits per heavy atom. The van der Waals surface area contributed by atoms with Crippen LogP contribution in [0.3, 0.4) is 0 Å². The van der Waals surface area contributed by atoms with E-state index >= 15 is 0 Å². The molecule has 1 aromatic rings. The molecule has 3 fully saturated rings. The molecule has 3 aliphatic rings. The number of hydrogen-bond donors (Lipinski definition) is 0. The number of ether oxygens (including phenoxy) is 1. The van der Waals surface area contributed by atoms with Gasteiger partial charge in [-0.1, -0.05) is 13.0 Å². The smallest absolute Gasteiger partial charge is 0.226 e. The summed E-state index contributed by atoms with van der Waals surface area (Å²) in [4.78, 5) is 18.8. The van der Waals surface area contributed by atoms with Crippen LogP contribution in [-0.2, 0) is 16.1 Å². The summed E-state index contributed by atoms with van der Waals surface area (Å²) in [5.41, 5.74) is 2.04. The third kappa shape index (κ3) is 3.13. The van der Waals surface area contributed by atoms with E-state index in [9.17, 15) is 4.79 Å². The zero-order chi connectivity index (χ0) is 16.0. The lowest BCUT2D eigenvalue weighted by Gasteiger charge is -2.47. The van der Waals surface area contributed by atoms with Crippen LogP contribution in [0.15, 0.2) is 18.2 Å². The van der Waals surface area contributed by atoms with E-state index < -0.39 is 0 Å². The number of nitrogens with zero attached hydrogens (tertiary/aromatic N) is 2. The molecule has 0 radical (unpaired) electrons. The lowest BCUT2D eigenvalue weighted by molar-refractivity contribution is -0.138. The van der Waals surface area contributed by atoms with Gasteiger partial charge in [-0.15, -0.1) is 11.8 Å². The standard InChI is InChI=1S/C18H24N2O2S/c1-12-6-16(12)17(21)20-10-18(11-20)7-15(9-23-18)22-8-14-5-3-4-13(2)19-14/h3-5,12,15-16H,6-11H2,1-2H3/t12-,15-,16-/m0/s1.